The van der Waals surface area contributed by atoms with Gasteiger partial charge in [0.25, 0.3) is 0 Å². The summed E-state index contributed by atoms with van der Waals surface area (Å²) < 4.78 is 2.90. The Balaban J connectivity index is 1.73. The largest absolute Gasteiger partial charge is 0.325 e. The third-order valence-corrected chi connectivity index (χ3v) is 5.61. The number of amides is 1. The van der Waals surface area contributed by atoms with Crippen LogP contribution in [-0.2, 0) is 4.79 Å². The molecular formula is C19H18BrClN4OS. The molecule has 0 spiro atoms. The summed E-state index contributed by atoms with van der Waals surface area (Å²) in [6.45, 7) is 5.82. The van der Waals surface area contributed by atoms with Crippen molar-refractivity contribution in [3.05, 3.63) is 62.8 Å². The van der Waals surface area contributed by atoms with Crippen LogP contribution in [0.5, 0.6) is 0 Å². The number of hydrogen-bond donors (Lipinski definition) is 1. The maximum absolute atomic E-state index is 12.5. The van der Waals surface area contributed by atoms with Crippen LogP contribution < -0.4 is 5.32 Å². The van der Waals surface area contributed by atoms with Crippen molar-refractivity contribution in [3.8, 4) is 5.69 Å². The Morgan fingerprint density at radius 3 is 2.41 bits per heavy atom. The molecule has 0 aliphatic carbocycles. The molecule has 0 atom stereocenters. The third kappa shape index (κ3) is 4.72. The minimum absolute atomic E-state index is 0.0863. The van der Waals surface area contributed by atoms with Gasteiger partial charge in [-0.1, -0.05) is 39.3 Å². The van der Waals surface area contributed by atoms with E-state index in [1.807, 2.05) is 61.7 Å². The normalized spacial score (nSPS) is 10.9. The smallest absolute Gasteiger partial charge is 0.234 e. The minimum atomic E-state index is -0.0863. The lowest BCUT2D eigenvalue weighted by molar-refractivity contribution is -0.113. The first kappa shape index (κ1) is 19.9. The molecule has 3 aromatic rings. The van der Waals surface area contributed by atoms with Crippen LogP contribution in [0.15, 0.2) is 46.0 Å². The SMILES string of the molecule is Cc1cc(Br)cc(C)c1NC(=O)CSc1nnc(C)n1-c1ccc(Cl)cc1. The topological polar surface area (TPSA) is 59.8 Å². The summed E-state index contributed by atoms with van der Waals surface area (Å²) in [5, 5.41) is 12.7. The van der Waals surface area contributed by atoms with Crippen molar-refractivity contribution in [2.75, 3.05) is 11.1 Å². The third-order valence-electron chi connectivity index (χ3n) is 3.97. The summed E-state index contributed by atoms with van der Waals surface area (Å²) in [6.07, 6.45) is 0. The van der Waals surface area contributed by atoms with Gasteiger partial charge in [-0.3, -0.25) is 9.36 Å². The summed E-state index contributed by atoms with van der Waals surface area (Å²) in [5.74, 6) is 0.900. The Morgan fingerprint density at radius 1 is 1.15 bits per heavy atom. The van der Waals surface area contributed by atoms with Gasteiger partial charge < -0.3 is 5.32 Å². The number of hydrogen-bond acceptors (Lipinski definition) is 4. The second kappa shape index (κ2) is 8.46. The van der Waals surface area contributed by atoms with Gasteiger partial charge in [0.1, 0.15) is 5.82 Å². The van der Waals surface area contributed by atoms with Gasteiger partial charge in [-0.2, -0.15) is 0 Å². The molecule has 0 aliphatic heterocycles. The average molecular weight is 466 g/mol. The van der Waals surface area contributed by atoms with Gasteiger partial charge in [0.2, 0.25) is 5.91 Å². The standard InChI is InChI=1S/C19H18BrClN4OS/c1-11-8-14(20)9-12(2)18(11)22-17(26)10-27-19-24-23-13(3)25(19)16-6-4-15(21)5-7-16/h4-9H,10H2,1-3H3,(H,22,26). The molecule has 3 rings (SSSR count). The van der Waals surface area contributed by atoms with E-state index < -0.39 is 0 Å². The van der Waals surface area contributed by atoms with Crippen LogP contribution in [0.2, 0.25) is 5.02 Å². The number of rotatable bonds is 5. The number of carbonyl (C=O) groups is 1. The number of nitrogens with zero attached hydrogens (tertiary/aromatic N) is 3. The van der Waals surface area contributed by atoms with Crippen molar-refractivity contribution in [2.45, 2.75) is 25.9 Å². The van der Waals surface area contributed by atoms with E-state index in [-0.39, 0.29) is 11.7 Å². The molecule has 2 aromatic carbocycles. The van der Waals surface area contributed by atoms with Crippen LogP contribution in [0.3, 0.4) is 0 Å². The van der Waals surface area contributed by atoms with Crippen molar-refractivity contribution in [1.82, 2.24) is 14.8 Å². The quantitative estimate of drug-likeness (QED) is 0.517. The first-order chi connectivity index (χ1) is 12.8. The first-order valence-corrected chi connectivity index (χ1v) is 10.4. The van der Waals surface area contributed by atoms with Crippen LogP contribution in [0.25, 0.3) is 5.69 Å². The Morgan fingerprint density at radius 2 is 1.78 bits per heavy atom. The highest BCUT2D eigenvalue weighted by Crippen LogP contribution is 2.26. The summed E-state index contributed by atoms with van der Waals surface area (Å²) in [4.78, 5) is 12.5. The van der Waals surface area contributed by atoms with Gasteiger partial charge >= 0.3 is 0 Å². The maximum Gasteiger partial charge on any atom is 0.234 e. The fourth-order valence-electron chi connectivity index (χ4n) is 2.74. The zero-order chi connectivity index (χ0) is 19.6. The molecule has 140 valence electrons. The molecule has 1 heterocycles. The molecule has 0 saturated carbocycles. The molecular weight excluding hydrogens is 448 g/mol. The molecule has 1 N–H and O–H groups in total. The van der Waals surface area contributed by atoms with E-state index in [4.69, 9.17) is 11.6 Å². The van der Waals surface area contributed by atoms with Crippen LogP contribution >= 0.6 is 39.3 Å². The Hall–Kier alpha value is -1.83. The van der Waals surface area contributed by atoms with Crippen LogP contribution in [0.4, 0.5) is 5.69 Å². The van der Waals surface area contributed by atoms with E-state index in [2.05, 4.69) is 31.4 Å². The van der Waals surface area contributed by atoms with Gasteiger partial charge in [-0.15, -0.1) is 10.2 Å². The molecule has 0 aliphatic rings. The second-order valence-corrected chi connectivity index (χ2v) is 8.39. The maximum atomic E-state index is 12.5. The highest BCUT2D eigenvalue weighted by Gasteiger charge is 2.14. The zero-order valence-electron chi connectivity index (χ0n) is 15.1. The van der Waals surface area contributed by atoms with Crippen molar-refractivity contribution in [2.24, 2.45) is 0 Å². The molecule has 1 amide bonds. The molecule has 27 heavy (non-hydrogen) atoms. The van der Waals surface area contributed by atoms with Gasteiger partial charge in [0, 0.05) is 20.9 Å². The highest BCUT2D eigenvalue weighted by atomic mass is 79.9. The minimum Gasteiger partial charge on any atom is -0.325 e. The monoisotopic (exact) mass is 464 g/mol. The Bertz CT molecular complexity index is 965. The lowest BCUT2D eigenvalue weighted by atomic mass is 10.1. The van der Waals surface area contributed by atoms with E-state index in [0.717, 1.165) is 32.8 Å². The number of carbonyl (C=O) groups excluding carboxylic acids is 1. The highest BCUT2D eigenvalue weighted by molar-refractivity contribution is 9.10. The van der Waals surface area contributed by atoms with Gasteiger partial charge in [0.15, 0.2) is 5.16 Å². The number of aryl methyl sites for hydroxylation is 3. The van der Waals surface area contributed by atoms with E-state index >= 15 is 0 Å². The lowest BCUT2D eigenvalue weighted by Crippen LogP contribution is -2.16. The second-order valence-electron chi connectivity index (χ2n) is 6.09. The summed E-state index contributed by atoms with van der Waals surface area (Å²) in [6, 6.07) is 11.4. The predicted octanol–water partition coefficient (Wildman–Crippen LogP) is 5.34. The summed E-state index contributed by atoms with van der Waals surface area (Å²) in [5.41, 5.74) is 3.78. The Kier molecular flexibility index (Phi) is 6.24. The van der Waals surface area contributed by atoms with E-state index in [1.54, 1.807) is 0 Å². The fourth-order valence-corrected chi connectivity index (χ4v) is 4.35. The average Bonchev–Trinajstić information content (AvgIpc) is 2.98. The fraction of sp³-hybridized carbons (Fsp3) is 0.211. The lowest BCUT2D eigenvalue weighted by Gasteiger charge is -2.12. The van der Waals surface area contributed by atoms with Crippen LogP contribution in [0.1, 0.15) is 17.0 Å². The van der Waals surface area contributed by atoms with E-state index in [0.29, 0.717) is 10.2 Å². The summed E-state index contributed by atoms with van der Waals surface area (Å²) >= 11 is 10.8. The molecule has 0 fully saturated rings. The van der Waals surface area contributed by atoms with E-state index in [9.17, 15) is 4.79 Å². The number of nitrogens with one attached hydrogen (secondary N) is 1. The Labute approximate surface area is 175 Å². The van der Waals surface area contributed by atoms with Crippen molar-refractivity contribution >= 4 is 50.9 Å². The number of benzene rings is 2. The van der Waals surface area contributed by atoms with Crippen LogP contribution in [0, 0.1) is 20.8 Å². The van der Waals surface area contributed by atoms with Crippen LogP contribution in [-0.4, -0.2) is 26.4 Å². The molecule has 5 nitrogen and oxygen atoms in total. The predicted molar refractivity (Wildman–Crippen MR) is 114 cm³/mol. The number of anilines is 1. The van der Waals surface area contributed by atoms with Gasteiger partial charge in [0.05, 0.1) is 5.75 Å². The molecule has 8 heteroatoms. The molecule has 0 unspecified atom stereocenters. The first-order valence-electron chi connectivity index (χ1n) is 8.22. The van der Waals surface area contributed by atoms with Crippen molar-refractivity contribution in [3.63, 3.8) is 0 Å². The molecule has 1 aromatic heterocycles. The van der Waals surface area contributed by atoms with Gasteiger partial charge in [-0.05, 0) is 68.3 Å². The number of aromatic nitrogens is 3. The summed E-state index contributed by atoms with van der Waals surface area (Å²) in [7, 11) is 0. The van der Waals surface area contributed by atoms with Crippen molar-refractivity contribution in [1.29, 1.82) is 0 Å². The zero-order valence-corrected chi connectivity index (χ0v) is 18.2. The molecule has 0 bridgehead atoms. The number of thioether (sulfide) groups is 1. The molecule has 0 saturated heterocycles. The van der Waals surface area contributed by atoms with E-state index in [1.165, 1.54) is 11.8 Å². The van der Waals surface area contributed by atoms with Gasteiger partial charge in [-0.25, -0.2) is 0 Å². The van der Waals surface area contributed by atoms with Crippen molar-refractivity contribution < 1.29 is 4.79 Å². The molecule has 0 radical (unpaired) electrons. The number of halogens is 2.